The Morgan fingerprint density at radius 1 is 0.179 bits per heavy atom. The first-order chi connectivity index (χ1) is 27.7. The molecule has 0 bridgehead atoms. The summed E-state index contributed by atoms with van der Waals surface area (Å²) in [6.07, 6.45) is 0. The zero-order chi connectivity index (χ0) is 36.7. The molecular formula is C56H34. The van der Waals surface area contributed by atoms with Crippen molar-refractivity contribution in [1.29, 1.82) is 0 Å². The van der Waals surface area contributed by atoms with Crippen LogP contribution in [0, 0.1) is 0 Å². The summed E-state index contributed by atoms with van der Waals surface area (Å²) in [5, 5.41) is 20.5. The second-order valence-corrected chi connectivity index (χ2v) is 15.2. The topological polar surface area (TPSA) is 0 Å². The molecule has 0 amide bonds. The van der Waals surface area contributed by atoms with Crippen LogP contribution in [0.1, 0.15) is 0 Å². The highest BCUT2D eigenvalue weighted by Gasteiger charge is 2.16. The molecule has 0 aliphatic heterocycles. The third-order valence-electron chi connectivity index (χ3n) is 12.1. The van der Waals surface area contributed by atoms with Crippen LogP contribution < -0.4 is 0 Å². The molecule has 0 N–H and O–H groups in total. The molecule has 0 nitrogen and oxygen atoms in total. The molecular weight excluding hydrogens is 673 g/mol. The summed E-state index contributed by atoms with van der Waals surface area (Å²) in [5.74, 6) is 0. The fourth-order valence-electron chi connectivity index (χ4n) is 9.50. The first kappa shape index (κ1) is 31.1. The zero-order valence-electron chi connectivity index (χ0n) is 30.6. The van der Waals surface area contributed by atoms with Crippen molar-refractivity contribution < 1.29 is 0 Å². The van der Waals surface area contributed by atoms with Crippen molar-refractivity contribution >= 4 is 86.2 Å². The molecule has 0 fully saturated rings. The van der Waals surface area contributed by atoms with Gasteiger partial charge in [0.15, 0.2) is 0 Å². The summed E-state index contributed by atoms with van der Waals surface area (Å²) in [6.45, 7) is 0. The third-order valence-corrected chi connectivity index (χ3v) is 12.1. The predicted molar refractivity (Wildman–Crippen MR) is 243 cm³/mol. The maximum absolute atomic E-state index is 2.41. The first-order valence-electron chi connectivity index (χ1n) is 19.5. The van der Waals surface area contributed by atoms with Crippen LogP contribution in [0.25, 0.3) is 120 Å². The molecule has 0 saturated carbocycles. The lowest BCUT2D eigenvalue weighted by Crippen LogP contribution is -1.90. The van der Waals surface area contributed by atoms with Crippen molar-refractivity contribution in [3.05, 3.63) is 206 Å². The van der Waals surface area contributed by atoms with Gasteiger partial charge in [0.25, 0.3) is 0 Å². The van der Waals surface area contributed by atoms with Gasteiger partial charge in [-0.05, 0) is 156 Å². The number of fused-ring (bicyclic) bond motifs is 12. The van der Waals surface area contributed by atoms with E-state index >= 15 is 0 Å². The maximum Gasteiger partial charge on any atom is -0.00206 e. The highest BCUT2D eigenvalue weighted by atomic mass is 14.2. The summed E-state index contributed by atoms with van der Waals surface area (Å²) < 4.78 is 0. The highest BCUT2D eigenvalue weighted by Crippen LogP contribution is 2.43. The van der Waals surface area contributed by atoms with Crippen molar-refractivity contribution in [3.63, 3.8) is 0 Å². The third kappa shape index (κ3) is 4.73. The molecule has 0 aliphatic carbocycles. The molecule has 0 unspecified atom stereocenters. The van der Waals surface area contributed by atoms with Crippen molar-refractivity contribution in [3.8, 4) is 33.4 Å². The van der Waals surface area contributed by atoms with Crippen LogP contribution in [-0.2, 0) is 0 Å². The normalized spacial score (nSPS) is 11.9. The number of rotatable bonds is 3. The molecule has 0 heteroatoms. The van der Waals surface area contributed by atoms with E-state index in [-0.39, 0.29) is 0 Å². The van der Waals surface area contributed by atoms with Crippen molar-refractivity contribution in [2.75, 3.05) is 0 Å². The lowest BCUT2D eigenvalue weighted by molar-refractivity contribution is 1.65. The SMILES string of the molecule is c1ccc2c(-c3cc4ccc5ccccc5c4c4ccccc34)cc(-c3ccc4cc(-c5cc6ccccc6c6c5ccc5ccccc56)ccc4c3)cc2c1. The molecule has 258 valence electrons. The Bertz CT molecular complexity index is 3570. The Morgan fingerprint density at radius 2 is 0.625 bits per heavy atom. The van der Waals surface area contributed by atoms with Crippen LogP contribution in [0.3, 0.4) is 0 Å². The first-order valence-corrected chi connectivity index (χ1v) is 19.5. The van der Waals surface area contributed by atoms with E-state index < -0.39 is 0 Å². The minimum absolute atomic E-state index is 1.22. The molecule has 0 spiro atoms. The van der Waals surface area contributed by atoms with Crippen molar-refractivity contribution in [1.82, 2.24) is 0 Å². The fourth-order valence-corrected chi connectivity index (χ4v) is 9.50. The average molecular weight is 707 g/mol. The molecule has 12 aromatic rings. The van der Waals surface area contributed by atoms with Gasteiger partial charge in [-0.1, -0.05) is 170 Å². The molecule has 0 aromatic heterocycles. The van der Waals surface area contributed by atoms with Gasteiger partial charge >= 0.3 is 0 Å². The van der Waals surface area contributed by atoms with Crippen LogP contribution >= 0.6 is 0 Å². The zero-order valence-corrected chi connectivity index (χ0v) is 30.6. The number of benzene rings is 12. The minimum atomic E-state index is 1.22. The van der Waals surface area contributed by atoms with E-state index in [9.17, 15) is 0 Å². The largest absolute Gasteiger partial charge is 0.0616 e. The van der Waals surface area contributed by atoms with E-state index in [1.165, 1.54) is 120 Å². The lowest BCUT2D eigenvalue weighted by atomic mass is 9.87. The second kappa shape index (κ2) is 12.1. The van der Waals surface area contributed by atoms with Crippen LogP contribution in [-0.4, -0.2) is 0 Å². The van der Waals surface area contributed by atoms with Gasteiger partial charge in [-0.25, -0.2) is 0 Å². The van der Waals surface area contributed by atoms with Gasteiger partial charge in [0.05, 0.1) is 0 Å². The van der Waals surface area contributed by atoms with Gasteiger partial charge in [-0.15, -0.1) is 0 Å². The van der Waals surface area contributed by atoms with Gasteiger partial charge in [0.1, 0.15) is 0 Å². The van der Waals surface area contributed by atoms with E-state index in [1.807, 2.05) is 0 Å². The van der Waals surface area contributed by atoms with Gasteiger partial charge in [0, 0.05) is 0 Å². The molecule has 0 heterocycles. The molecule has 12 rings (SSSR count). The van der Waals surface area contributed by atoms with Crippen LogP contribution in [0.15, 0.2) is 206 Å². The van der Waals surface area contributed by atoms with Gasteiger partial charge in [-0.3, -0.25) is 0 Å². The fraction of sp³-hybridized carbons (Fsp3) is 0. The second-order valence-electron chi connectivity index (χ2n) is 15.2. The molecule has 12 aromatic carbocycles. The van der Waals surface area contributed by atoms with E-state index in [0.29, 0.717) is 0 Å². The molecule has 0 aliphatic rings. The number of hydrogen-bond acceptors (Lipinski definition) is 0. The van der Waals surface area contributed by atoms with E-state index in [0.717, 1.165) is 0 Å². The summed E-state index contributed by atoms with van der Waals surface area (Å²) in [7, 11) is 0. The molecule has 56 heavy (non-hydrogen) atoms. The Balaban J connectivity index is 1.03. The Hall–Kier alpha value is -7.28. The summed E-state index contributed by atoms with van der Waals surface area (Å²) >= 11 is 0. The van der Waals surface area contributed by atoms with Gasteiger partial charge in [0.2, 0.25) is 0 Å². The van der Waals surface area contributed by atoms with Crippen LogP contribution in [0.5, 0.6) is 0 Å². The molecule has 0 saturated heterocycles. The maximum atomic E-state index is 2.41. The highest BCUT2D eigenvalue weighted by molar-refractivity contribution is 6.25. The Labute approximate surface area is 324 Å². The quantitative estimate of drug-likeness (QED) is 0.160. The van der Waals surface area contributed by atoms with Crippen LogP contribution in [0.4, 0.5) is 0 Å². The standard InChI is InChI=1S/C56H34/c1-6-16-46-35(11-1)21-26-43-33-54(49-19-9-10-20-50(49)55(43)46)53-34-44(31-40-13-3-5-15-45(40)53)39-23-22-38-30-42(25-24-37(38)29-39)52-32-41-14-4-8-18-48(41)56-47-17-7-2-12-36(47)27-28-51(52)56/h1-34H. The van der Waals surface area contributed by atoms with E-state index in [2.05, 4.69) is 206 Å². The summed E-state index contributed by atoms with van der Waals surface area (Å²) in [5.41, 5.74) is 7.47. The monoisotopic (exact) mass is 706 g/mol. The van der Waals surface area contributed by atoms with E-state index in [4.69, 9.17) is 0 Å². The van der Waals surface area contributed by atoms with Crippen LogP contribution in [0.2, 0.25) is 0 Å². The minimum Gasteiger partial charge on any atom is -0.0616 e. The smallest absolute Gasteiger partial charge is 0.00206 e. The van der Waals surface area contributed by atoms with Gasteiger partial charge < -0.3 is 0 Å². The van der Waals surface area contributed by atoms with E-state index in [1.54, 1.807) is 0 Å². The Kier molecular flexibility index (Phi) is 6.73. The average Bonchev–Trinajstić information content (AvgIpc) is 3.27. The lowest BCUT2D eigenvalue weighted by Gasteiger charge is -2.17. The summed E-state index contributed by atoms with van der Waals surface area (Å²) in [6, 6.07) is 76.7. The van der Waals surface area contributed by atoms with Crippen molar-refractivity contribution in [2.45, 2.75) is 0 Å². The summed E-state index contributed by atoms with van der Waals surface area (Å²) in [4.78, 5) is 0. The number of hydrogen-bond donors (Lipinski definition) is 0. The molecule has 0 radical (unpaired) electrons. The van der Waals surface area contributed by atoms with Gasteiger partial charge in [-0.2, -0.15) is 0 Å². The molecule has 0 atom stereocenters. The Morgan fingerprint density at radius 3 is 1.36 bits per heavy atom. The van der Waals surface area contributed by atoms with Crippen molar-refractivity contribution in [2.24, 2.45) is 0 Å². The predicted octanol–water partition coefficient (Wildman–Crippen LogP) is 15.9.